The Morgan fingerprint density at radius 2 is 1.67 bits per heavy atom. The van der Waals surface area contributed by atoms with Crippen LogP contribution in [0.3, 0.4) is 0 Å². The van der Waals surface area contributed by atoms with E-state index in [2.05, 4.69) is 0 Å². The van der Waals surface area contributed by atoms with Crippen molar-refractivity contribution in [2.24, 2.45) is 5.84 Å². The third-order valence-electron chi connectivity index (χ3n) is 3.77. The Kier molecular flexibility index (Phi) is 7.01. The van der Waals surface area contributed by atoms with Gasteiger partial charge >= 0.3 is 11.9 Å². The van der Waals surface area contributed by atoms with Crippen molar-refractivity contribution >= 4 is 39.0 Å². The van der Waals surface area contributed by atoms with Gasteiger partial charge in [-0.1, -0.05) is 18.2 Å². The van der Waals surface area contributed by atoms with E-state index in [1.54, 1.807) is 26.8 Å². The van der Waals surface area contributed by atoms with Crippen LogP contribution in [0.4, 0.5) is 0 Å². The van der Waals surface area contributed by atoms with E-state index in [0.29, 0.717) is 16.3 Å². The zero-order valence-corrected chi connectivity index (χ0v) is 18.2. The number of thiophene rings is 1. The standard InChI is InChI=1S/C19H22N2O7S2/c1-19(2,3)28-18(25)15(30(26,27)12-7-5-4-6-8-12)11-21(20)16(22)13-9-10-14(29-13)17(23)24/h4-10,15H,11,20H2,1-3H3,(H,23,24). The van der Waals surface area contributed by atoms with E-state index in [9.17, 15) is 22.8 Å². The monoisotopic (exact) mass is 454 g/mol. The van der Waals surface area contributed by atoms with Crippen molar-refractivity contribution in [3.05, 3.63) is 52.2 Å². The van der Waals surface area contributed by atoms with E-state index in [0.717, 1.165) is 0 Å². The molecule has 1 heterocycles. The van der Waals surface area contributed by atoms with Gasteiger partial charge in [0.25, 0.3) is 5.91 Å². The maximum atomic E-state index is 13.1. The van der Waals surface area contributed by atoms with Crippen LogP contribution in [-0.2, 0) is 19.4 Å². The molecule has 2 rings (SSSR count). The van der Waals surface area contributed by atoms with Crippen LogP contribution in [0.1, 0.15) is 40.1 Å². The molecule has 0 aliphatic rings. The van der Waals surface area contributed by atoms with Gasteiger partial charge in [-0.2, -0.15) is 0 Å². The average Bonchev–Trinajstić information content (AvgIpc) is 3.14. The van der Waals surface area contributed by atoms with Crippen molar-refractivity contribution in [2.45, 2.75) is 36.5 Å². The lowest BCUT2D eigenvalue weighted by Gasteiger charge is -2.26. The number of amides is 1. The first-order chi connectivity index (χ1) is 13.8. The molecule has 162 valence electrons. The Labute approximate surface area is 178 Å². The number of benzene rings is 1. The van der Waals surface area contributed by atoms with Crippen molar-refractivity contribution in [3.63, 3.8) is 0 Å². The van der Waals surface area contributed by atoms with Gasteiger partial charge in [0.05, 0.1) is 16.3 Å². The van der Waals surface area contributed by atoms with Gasteiger partial charge in [0, 0.05) is 0 Å². The summed E-state index contributed by atoms with van der Waals surface area (Å²) in [7, 11) is -4.23. The molecular weight excluding hydrogens is 432 g/mol. The van der Waals surface area contributed by atoms with Crippen LogP contribution in [-0.4, -0.2) is 53.8 Å². The molecule has 0 radical (unpaired) electrons. The summed E-state index contributed by atoms with van der Waals surface area (Å²) >= 11 is 0.690. The molecule has 11 heteroatoms. The average molecular weight is 455 g/mol. The number of hydrogen-bond donors (Lipinski definition) is 2. The number of aromatic carboxylic acids is 1. The first kappa shape index (κ1) is 23.5. The van der Waals surface area contributed by atoms with Gasteiger partial charge in [0.15, 0.2) is 15.1 Å². The fourth-order valence-corrected chi connectivity index (χ4v) is 4.74. The second-order valence-electron chi connectivity index (χ2n) is 7.31. The normalized spacial score (nSPS) is 12.8. The number of esters is 1. The Balaban J connectivity index is 2.35. The molecule has 0 spiro atoms. The van der Waals surface area contributed by atoms with Crippen molar-refractivity contribution < 1.29 is 32.6 Å². The summed E-state index contributed by atoms with van der Waals surface area (Å²) in [5.41, 5.74) is -0.963. The van der Waals surface area contributed by atoms with E-state index in [1.165, 1.54) is 36.4 Å². The second kappa shape index (κ2) is 8.94. The number of carboxylic acid groups (broad SMARTS) is 1. The van der Waals surface area contributed by atoms with Gasteiger partial charge in [-0.15, -0.1) is 11.3 Å². The van der Waals surface area contributed by atoms with E-state index in [1.807, 2.05) is 0 Å². The fraction of sp³-hybridized carbons (Fsp3) is 0.316. The minimum Gasteiger partial charge on any atom is -0.477 e. The number of hydrazine groups is 1. The number of carbonyl (C=O) groups is 3. The quantitative estimate of drug-likeness (QED) is 0.279. The zero-order chi connectivity index (χ0) is 22.7. The Morgan fingerprint density at radius 3 is 2.17 bits per heavy atom. The molecule has 1 aromatic heterocycles. The Morgan fingerprint density at radius 1 is 1.10 bits per heavy atom. The van der Waals surface area contributed by atoms with Crippen LogP contribution in [0.5, 0.6) is 0 Å². The minimum absolute atomic E-state index is 0.00468. The van der Waals surface area contributed by atoms with Crippen LogP contribution in [0, 0.1) is 0 Å². The maximum absolute atomic E-state index is 13.1. The summed E-state index contributed by atoms with van der Waals surface area (Å²) in [6.45, 7) is 4.08. The number of sulfone groups is 1. The smallest absolute Gasteiger partial charge is 0.345 e. The molecule has 1 unspecified atom stereocenters. The van der Waals surface area contributed by atoms with Gasteiger partial charge in [0.2, 0.25) is 0 Å². The molecule has 30 heavy (non-hydrogen) atoms. The third kappa shape index (κ3) is 5.65. The van der Waals surface area contributed by atoms with Crippen LogP contribution in [0.2, 0.25) is 0 Å². The molecule has 0 aliphatic carbocycles. The highest BCUT2D eigenvalue weighted by Crippen LogP contribution is 2.22. The molecular formula is C19H22N2O7S2. The number of carboxylic acids is 1. The third-order valence-corrected chi connectivity index (χ3v) is 6.85. The maximum Gasteiger partial charge on any atom is 0.345 e. The lowest BCUT2D eigenvalue weighted by atomic mass is 10.2. The predicted octanol–water partition coefficient (Wildman–Crippen LogP) is 1.95. The lowest BCUT2D eigenvalue weighted by molar-refractivity contribution is -0.154. The van der Waals surface area contributed by atoms with E-state index in [4.69, 9.17) is 15.7 Å². The summed E-state index contributed by atoms with van der Waals surface area (Å²) in [4.78, 5) is 36.1. The van der Waals surface area contributed by atoms with Gasteiger partial charge in [-0.3, -0.25) is 14.6 Å². The van der Waals surface area contributed by atoms with Crippen molar-refractivity contribution in [2.75, 3.05) is 6.54 Å². The molecule has 2 aromatic rings. The number of ether oxygens (including phenoxy) is 1. The molecule has 0 aliphatic heterocycles. The number of hydrogen-bond acceptors (Lipinski definition) is 8. The molecule has 0 saturated carbocycles. The highest BCUT2D eigenvalue weighted by molar-refractivity contribution is 7.92. The summed E-state index contributed by atoms with van der Waals surface area (Å²) in [6.07, 6.45) is 0. The summed E-state index contributed by atoms with van der Waals surface area (Å²) < 4.78 is 31.4. The van der Waals surface area contributed by atoms with Crippen LogP contribution < -0.4 is 5.84 Å². The highest BCUT2D eigenvalue weighted by atomic mass is 32.2. The SMILES string of the molecule is CC(C)(C)OC(=O)C(CN(N)C(=O)c1ccc(C(=O)O)s1)S(=O)(=O)c1ccccc1. The lowest BCUT2D eigenvalue weighted by Crippen LogP contribution is -2.49. The first-order valence-corrected chi connectivity index (χ1v) is 11.1. The highest BCUT2D eigenvalue weighted by Gasteiger charge is 2.39. The Hall–Kier alpha value is -2.76. The van der Waals surface area contributed by atoms with Crippen LogP contribution in [0.15, 0.2) is 47.4 Å². The fourth-order valence-electron chi connectivity index (χ4n) is 2.41. The van der Waals surface area contributed by atoms with Gasteiger partial charge in [-0.25, -0.2) is 19.1 Å². The van der Waals surface area contributed by atoms with Crippen LogP contribution >= 0.6 is 11.3 Å². The van der Waals surface area contributed by atoms with Gasteiger partial charge < -0.3 is 9.84 Å². The molecule has 9 nitrogen and oxygen atoms in total. The van der Waals surface area contributed by atoms with E-state index >= 15 is 0 Å². The summed E-state index contributed by atoms with van der Waals surface area (Å²) in [5, 5.41) is 7.80. The largest absolute Gasteiger partial charge is 0.477 e. The van der Waals surface area contributed by atoms with E-state index in [-0.39, 0.29) is 14.6 Å². The molecule has 0 bridgehead atoms. The van der Waals surface area contributed by atoms with Crippen molar-refractivity contribution in [1.82, 2.24) is 5.01 Å². The van der Waals surface area contributed by atoms with E-state index < -0.39 is 45.1 Å². The van der Waals surface area contributed by atoms with Crippen molar-refractivity contribution in [3.8, 4) is 0 Å². The second-order valence-corrected chi connectivity index (χ2v) is 10.5. The summed E-state index contributed by atoms with van der Waals surface area (Å²) in [6, 6.07) is 9.79. The van der Waals surface area contributed by atoms with Gasteiger partial charge in [-0.05, 0) is 45.0 Å². The predicted molar refractivity (Wildman–Crippen MR) is 110 cm³/mol. The summed E-state index contributed by atoms with van der Waals surface area (Å²) in [5.74, 6) is 2.71. The molecule has 1 amide bonds. The first-order valence-electron chi connectivity index (χ1n) is 8.74. The minimum atomic E-state index is -4.23. The number of nitrogens with zero attached hydrogens (tertiary/aromatic N) is 1. The van der Waals surface area contributed by atoms with Gasteiger partial charge in [0.1, 0.15) is 10.5 Å². The molecule has 0 fully saturated rings. The number of carbonyl (C=O) groups excluding carboxylic acids is 2. The zero-order valence-electron chi connectivity index (χ0n) is 16.6. The Bertz CT molecular complexity index is 1040. The molecule has 1 atom stereocenters. The molecule has 3 N–H and O–H groups in total. The molecule has 0 saturated heterocycles. The topological polar surface area (TPSA) is 144 Å². The number of nitrogens with two attached hydrogens (primary N) is 1. The van der Waals surface area contributed by atoms with Crippen LogP contribution in [0.25, 0.3) is 0 Å². The van der Waals surface area contributed by atoms with Crippen molar-refractivity contribution in [1.29, 1.82) is 0 Å². The number of rotatable bonds is 7. The molecule has 1 aromatic carbocycles.